The summed E-state index contributed by atoms with van der Waals surface area (Å²) < 4.78 is 2.01. The Morgan fingerprint density at radius 2 is 0.944 bits per heavy atom. The van der Waals surface area contributed by atoms with Gasteiger partial charge in [-0.3, -0.25) is 9.59 Å². The number of rotatable bonds is 4. The highest BCUT2D eigenvalue weighted by Crippen LogP contribution is 2.16. The van der Waals surface area contributed by atoms with Crippen LogP contribution in [0.1, 0.15) is 0 Å². The van der Waals surface area contributed by atoms with E-state index in [0.29, 0.717) is 0 Å². The molecule has 0 atom stereocenters. The molecule has 0 bridgehead atoms. The molecule has 0 saturated heterocycles. The Morgan fingerprint density at radius 1 is 0.778 bits per heavy atom. The maximum Gasteiger partial charge on any atom is 0.313 e. The monoisotopic (exact) mass is 712 g/mol. The van der Waals surface area contributed by atoms with Crippen molar-refractivity contribution in [1.29, 1.82) is 0 Å². The van der Waals surface area contributed by atoms with Gasteiger partial charge in [0.1, 0.15) is 0 Å². The maximum atomic E-state index is 9.36. The minimum absolute atomic E-state index is 0.0272. The van der Waals surface area contributed by atoms with Crippen molar-refractivity contribution in [2.75, 3.05) is 22.1 Å². The fourth-order valence-corrected chi connectivity index (χ4v) is 0.513. The minimum atomic E-state index is -0.759. The van der Waals surface area contributed by atoms with Crippen molar-refractivity contribution in [2.24, 2.45) is 0 Å². The van der Waals surface area contributed by atoms with Crippen LogP contribution in [0.15, 0.2) is 7.16 Å². The Morgan fingerprint density at radius 3 is 1.00 bits per heavy atom. The first-order valence-electron chi connectivity index (χ1n) is 4.06. The largest absolute Gasteiger partial charge is 0.481 e. The fourth-order valence-electron chi connectivity index (χ4n) is 0.172. The van der Waals surface area contributed by atoms with Crippen LogP contribution in [0.25, 0.3) is 0 Å². The minimum Gasteiger partial charge on any atom is -0.481 e. The molecule has 0 aliphatic carbocycles. The summed E-state index contributed by atoms with van der Waals surface area (Å²) in [6.07, 6.45) is 0. The van der Waals surface area contributed by atoms with Crippen LogP contribution in [-0.4, -0.2) is 54.4 Å². The summed E-state index contributed by atoms with van der Waals surface area (Å²) in [5.41, 5.74) is 0. The second kappa shape index (κ2) is 18.5. The van der Waals surface area contributed by atoms with E-state index in [0.717, 1.165) is 7.16 Å². The van der Waals surface area contributed by atoms with Gasteiger partial charge in [-0.25, -0.2) is 0 Å². The van der Waals surface area contributed by atoms with Gasteiger partial charge in [-0.1, -0.05) is 45.2 Å². The molecule has 0 aromatic heterocycles. The number of carboxylic acids is 2. The van der Waals surface area contributed by atoms with Crippen LogP contribution in [0.2, 0.25) is 0 Å². The highest BCUT2D eigenvalue weighted by molar-refractivity contribution is 14.1. The summed E-state index contributed by atoms with van der Waals surface area (Å²) in [5, 5.41) is 32.3. The lowest BCUT2D eigenvalue weighted by atomic mass is 10.5. The molecule has 0 radical (unpaired) electrons. The molecule has 0 aliphatic rings. The number of alkyl halides is 2. The van der Waals surface area contributed by atoms with Crippen LogP contribution in [0.5, 0.6) is 0 Å². The lowest BCUT2D eigenvalue weighted by Crippen LogP contribution is -1.91. The van der Waals surface area contributed by atoms with E-state index >= 15 is 0 Å². The number of aliphatic hydroxyl groups excluding tert-OH is 2. The zero-order valence-electron chi connectivity index (χ0n) is 8.95. The first kappa shape index (κ1) is 24.5. The van der Waals surface area contributed by atoms with E-state index in [2.05, 4.69) is 0 Å². The van der Waals surface area contributed by atoms with Gasteiger partial charge < -0.3 is 20.4 Å². The Labute approximate surface area is 159 Å². The third kappa shape index (κ3) is 26.2. The summed E-state index contributed by atoms with van der Waals surface area (Å²) in [4.78, 5) is 18.7. The highest BCUT2D eigenvalue weighted by Gasteiger charge is 1.94. The number of hydrogen-bond acceptors (Lipinski definition) is 4. The molecule has 0 saturated carbocycles. The highest BCUT2D eigenvalue weighted by atomic mass is 127. The normalized spacial score (nSPS) is 10.1. The Kier molecular flexibility index (Phi) is 25.2. The number of halogens is 4. The smallest absolute Gasteiger partial charge is 0.313 e. The van der Waals surface area contributed by atoms with Gasteiger partial charge in [0.15, 0.2) is 0 Å². The molecule has 0 aromatic rings. The molecule has 18 heavy (non-hydrogen) atoms. The topological polar surface area (TPSA) is 115 Å². The van der Waals surface area contributed by atoms with Crippen LogP contribution in [0.4, 0.5) is 0 Å². The first-order valence-corrected chi connectivity index (χ1v) is 9.27. The predicted molar refractivity (Wildman–Crippen MR) is 102 cm³/mol. The number of aliphatic carboxylic acids is 2. The van der Waals surface area contributed by atoms with Gasteiger partial charge in [-0.2, -0.15) is 0 Å². The molecule has 0 unspecified atom stereocenters. The van der Waals surface area contributed by atoms with Crippen molar-refractivity contribution < 1.29 is 30.0 Å². The number of carbonyl (C=O) groups is 2. The molecule has 0 aromatic carbocycles. The molecule has 10 heteroatoms. The Bertz CT molecular complexity index is 242. The molecule has 4 N–H and O–H groups in total. The van der Waals surface area contributed by atoms with Crippen LogP contribution >= 0.6 is 90.4 Å². The van der Waals surface area contributed by atoms with Gasteiger partial charge in [-0.05, 0) is 45.2 Å². The third-order valence-electron chi connectivity index (χ3n) is 0.801. The lowest BCUT2D eigenvalue weighted by Gasteiger charge is -1.94. The van der Waals surface area contributed by atoms with E-state index in [1.54, 1.807) is 45.2 Å². The van der Waals surface area contributed by atoms with Crippen molar-refractivity contribution in [3.8, 4) is 0 Å². The van der Waals surface area contributed by atoms with Gasteiger partial charge >= 0.3 is 11.9 Å². The standard InChI is InChI=1S/C4H6I2O2.2C2H3IO2/c5-3(1-7)4(6)2-8;2*3-1-2(4)5/h7-8H,1-2H2;2*1H2,(H,4,5). The van der Waals surface area contributed by atoms with E-state index in [4.69, 9.17) is 20.4 Å². The molecule has 0 spiro atoms. The molecule has 0 aliphatic heterocycles. The van der Waals surface area contributed by atoms with E-state index in [1.807, 2.05) is 45.2 Å². The summed E-state index contributed by atoms with van der Waals surface area (Å²) in [6, 6.07) is 0. The van der Waals surface area contributed by atoms with Crippen LogP contribution in [0, 0.1) is 0 Å². The second-order valence-corrected chi connectivity index (χ2v) is 6.31. The van der Waals surface area contributed by atoms with E-state index in [1.165, 1.54) is 0 Å². The average molecular weight is 712 g/mol. The van der Waals surface area contributed by atoms with Crippen LogP contribution in [-0.2, 0) is 9.59 Å². The maximum absolute atomic E-state index is 9.36. The summed E-state index contributed by atoms with van der Waals surface area (Å²) in [5.74, 6) is -1.52. The predicted octanol–water partition coefficient (Wildman–Crippen LogP) is 2.06. The fraction of sp³-hybridized carbons (Fsp3) is 0.500. The Balaban J connectivity index is -0.000000197. The van der Waals surface area contributed by atoms with Gasteiger partial charge in [0, 0.05) is 7.16 Å². The lowest BCUT2D eigenvalue weighted by molar-refractivity contribution is -0.134. The van der Waals surface area contributed by atoms with Gasteiger partial charge in [0.25, 0.3) is 0 Å². The zero-order valence-corrected chi connectivity index (χ0v) is 17.6. The zero-order chi connectivity index (χ0) is 15.1. The number of hydrogen-bond donors (Lipinski definition) is 4. The quantitative estimate of drug-likeness (QED) is 0.263. The molecule has 0 amide bonds. The van der Waals surface area contributed by atoms with Crippen molar-refractivity contribution in [3.05, 3.63) is 7.16 Å². The average Bonchev–Trinajstić information content (AvgIpc) is 2.37. The van der Waals surface area contributed by atoms with Gasteiger partial charge in [-0.15, -0.1) is 0 Å². The van der Waals surface area contributed by atoms with Crippen LogP contribution in [0.3, 0.4) is 0 Å². The van der Waals surface area contributed by atoms with Crippen molar-refractivity contribution in [2.45, 2.75) is 0 Å². The SMILES string of the molecule is O=C(O)CI.O=C(O)CI.OCC(I)=C(I)CO. The van der Waals surface area contributed by atoms with E-state index < -0.39 is 11.9 Å². The third-order valence-corrected chi connectivity index (χ3v) is 5.12. The van der Waals surface area contributed by atoms with Crippen LogP contribution < -0.4 is 0 Å². The van der Waals surface area contributed by atoms with Crippen molar-refractivity contribution in [3.63, 3.8) is 0 Å². The summed E-state index contributed by atoms with van der Waals surface area (Å²) >= 11 is 7.54. The molecule has 6 nitrogen and oxygen atoms in total. The molecular formula is C8H12I4O6. The van der Waals surface area contributed by atoms with Crippen molar-refractivity contribution in [1.82, 2.24) is 0 Å². The van der Waals surface area contributed by atoms with E-state index in [-0.39, 0.29) is 22.1 Å². The summed E-state index contributed by atoms with van der Waals surface area (Å²) in [6.45, 7) is 0.0544. The van der Waals surface area contributed by atoms with Gasteiger partial charge in [0.2, 0.25) is 0 Å². The Hall–Kier alpha value is 1.52. The van der Waals surface area contributed by atoms with E-state index in [9.17, 15) is 9.59 Å². The summed E-state index contributed by atoms with van der Waals surface area (Å²) in [7, 11) is 0. The molecular weight excluding hydrogens is 700 g/mol. The molecule has 0 fully saturated rings. The molecule has 108 valence electrons. The van der Waals surface area contributed by atoms with Crippen molar-refractivity contribution >= 4 is 102 Å². The molecule has 0 heterocycles. The molecule has 0 rings (SSSR count). The number of carboxylic acid groups (broad SMARTS) is 2. The van der Waals surface area contributed by atoms with Gasteiger partial charge in [0.05, 0.1) is 22.1 Å². The second-order valence-electron chi connectivity index (χ2n) is 2.18. The number of aliphatic hydroxyl groups is 2. The first-order chi connectivity index (χ1) is 8.26.